The van der Waals surface area contributed by atoms with Gasteiger partial charge in [-0.2, -0.15) is 0 Å². The van der Waals surface area contributed by atoms with Crippen LogP contribution in [0.2, 0.25) is 0 Å². The van der Waals surface area contributed by atoms with E-state index in [0.717, 1.165) is 11.1 Å². The lowest BCUT2D eigenvalue weighted by molar-refractivity contribution is 0.475. The van der Waals surface area contributed by atoms with Crippen LogP contribution in [0, 0.1) is 0 Å². The second-order valence-electron chi connectivity index (χ2n) is 4.72. The van der Waals surface area contributed by atoms with E-state index in [1.54, 1.807) is 36.4 Å². The Morgan fingerprint density at radius 3 is 1.77 bits per heavy atom. The van der Waals surface area contributed by atoms with Gasteiger partial charge >= 0.3 is 7.80 Å². The highest BCUT2D eigenvalue weighted by Gasteiger charge is 2.23. The molecule has 4 heteroatoms. The van der Waals surface area contributed by atoms with Gasteiger partial charge in [0.25, 0.3) is 0 Å². The fourth-order valence-corrected chi connectivity index (χ4v) is 3.15. The molecule has 3 nitrogen and oxygen atoms in total. The lowest BCUT2D eigenvalue weighted by Crippen LogP contribution is -2.05. The number of benzene rings is 3. The van der Waals surface area contributed by atoms with Crippen molar-refractivity contribution in [2.45, 2.75) is 0 Å². The molecule has 0 saturated heterocycles. The van der Waals surface area contributed by atoms with Crippen LogP contribution in [0.4, 0.5) is 0 Å². The Labute approximate surface area is 129 Å². The van der Waals surface area contributed by atoms with Gasteiger partial charge in [0, 0.05) is 0 Å². The van der Waals surface area contributed by atoms with Crippen molar-refractivity contribution in [3.05, 3.63) is 78.9 Å². The Kier molecular flexibility index (Phi) is 4.17. The van der Waals surface area contributed by atoms with Crippen molar-refractivity contribution in [2.24, 2.45) is 0 Å². The molecule has 0 aromatic heterocycles. The summed E-state index contributed by atoms with van der Waals surface area (Å²) in [5.74, 6) is 1.63. The van der Waals surface area contributed by atoms with Crippen LogP contribution in [-0.2, 0) is 4.57 Å². The summed E-state index contributed by atoms with van der Waals surface area (Å²) in [4.78, 5) is 0. The smallest absolute Gasteiger partial charge is 0.415 e. The van der Waals surface area contributed by atoms with E-state index in [-0.39, 0.29) is 5.75 Å². The summed E-state index contributed by atoms with van der Waals surface area (Å²) in [6, 6.07) is 23.1. The normalized spacial score (nSPS) is 11.0. The molecule has 0 fully saturated rings. The van der Waals surface area contributed by atoms with Gasteiger partial charge in [-0.05, 0) is 60.7 Å². The third-order valence-electron chi connectivity index (χ3n) is 3.13. The maximum absolute atomic E-state index is 12.5. The van der Waals surface area contributed by atoms with Gasteiger partial charge in [0.1, 0.15) is 17.2 Å². The Morgan fingerprint density at radius 2 is 1.18 bits per heavy atom. The standard InChI is InChI=1S/C18H13O3P/c19-14-6-10-17(11-7-14)22(20)18-12-8-16(9-13-18)21-15-4-2-1-3-5-15/h1-13H/p+1. The van der Waals surface area contributed by atoms with Crippen LogP contribution < -0.4 is 15.3 Å². The predicted octanol–water partition coefficient (Wildman–Crippen LogP) is 3.96. The van der Waals surface area contributed by atoms with E-state index in [1.807, 2.05) is 30.3 Å². The molecule has 0 heterocycles. The van der Waals surface area contributed by atoms with Gasteiger partial charge in [0.05, 0.1) is 0 Å². The third-order valence-corrected chi connectivity index (χ3v) is 4.67. The van der Waals surface area contributed by atoms with E-state index in [0.29, 0.717) is 11.1 Å². The number of hydrogen-bond donors (Lipinski definition) is 1. The van der Waals surface area contributed by atoms with E-state index in [1.165, 1.54) is 12.1 Å². The Balaban J connectivity index is 1.76. The van der Waals surface area contributed by atoms with Crippen LogP contribution in [0.3, 0.4) is 0 Å². The molecular formula is C18H14O3P+. The summed E-state index contributed by atoms with van der Waals surface area (Å²) in [6.45, 7) is 0. The molecule has 0 aliphatic heterocycles. The monoisotopic (exact) mass is 309 g/mol. The number of phenolic OH excluding ortho intramolecular Hbond substituents is 1. The third kappa shape index (κ3) is 3.33. The largest absolute Gasteiger partial charge is 0.508 e. The first-order valence-electron chi connectivity index (χ1n) is 6.82. The van der Waals surface area contributed by atoms with Crippen molar-refractivity contribution in [1.82, 2.24) is 0 Å². The van der Waals surface area contributed by atoms with Gasteiger partial charge in [-0.15, -0.1) is 0 Å². The number of para-hydroxylation sites is 1. The molecule has 0 radical (unpaired) electrons. The topological polar surface area (TPSA) is 46.5 Å². The fourth-order valence-electron chi connectivity index (χ4n) is 2.01. The minimum atomic E-state index is -1.67. The number of rotatable bonds is 4. The minimum absolute atomic E-state index is 0.166. The molecule has 108 valence electrons. The summed E-state index contributed by atoms with van der Waals surface area (Å²) >= 11 is 0. The molecule has 0 bridgehead atoms. The van der Waals surface area contributed by atoms with E-state index < -0.39 is 7.80 Å². The zero-order valence-corrected chi connectivity index (χ0v) is 12.6. The SMILES string of the molecule is O=[P+](c1ccc(O)cc1)c1ccc(Oc2ccccc2)cc1. The first kappa shape index (κ1) is 14.3. The fraction of sp³-hybridized carbons (Fsp3) is 0. The van der Waals surface area contributed by atoms with Crippen molar-refractivity contribution < 1.29 is 14.4 Å². The maximum Gasteiger partial charge on any atom is 0.415 e. The molecular weight excluding hydrogens is 295 g/mol. The highest BCUT2D eigenvalue weighted by Crippen LogP contribution is 2.24. The average Bonchev–Trinajstić information content (AvgIpc) is 2.57. The van der Waals surface area contributed by atoms with Crippen LogP contribution in [0.25, 0.3) is 0 Å². The number of ether oxygens (including phenoxy) is 1. The van der Waals surface area contributed by atoms with Crippen LogP contribution >= 0.6 is 7.80 Å². The van der Waals surface area contributed by atoms with Gasteiger partial charge in [-0.3, -0.25) is 0 Å². The van der Waals surface area contributed by atoms with Crippen molar-refractivity contribution >= 4 is 18.4 Å². The zero-order valence-electron chi connectivity index (χ0n) is 11.7. The number of aromatic hydroxyl groups is 1. The van der Waals surface area contributed by atoms with E-state index in [4.69, 9.17) is 4.74 Å². The number of hydrogen-bond acceptors (Lipinski definition) is 3. The summed E-state index contributed by atoms with van der Waals surface area (Å²) in [5.41, 5.74) is 0. The van der Waals surface area contributed by atoms with Gasteiger partial charge in [-0.1, -0.05) is 22.8 Å². The van der Waals surface area contributed by atoms with E-state index >= 15 is 0 Å². The molecule has 3 rings (SSSR count). The molecule has 3 aromatic rings. The van der Waals surface area contributed by atoms with Crippen LogP contribution in [-0.4, -0.2) is 5.11 Å². The highest BCUT2D eigenvalue weighted by molar-refractivity contribution is 7.61. The maximum atomic E-state index is 12.5. The van der Waals surface area contributed by atoms with Gasteiger partial charge in [-0.25, -0.2) is 0 Å². The molecule has 3 aromatic carbocycles. The quantitative estimate of drug-likeness (QED) is 0.742. The van der Waals surface area contributed by atoms with Crippen LogP contribution in [0.15, 0.2) is 78.9 Å². The zero-order chi connectivity index (χ0) is 15.4. The summed E-state index contributed by atoms with van der Waals surface area (Å²) < 4.78 is 18.2. The Morgan fingerprint density at radius 1 is 0.682 bits per heavy atom. The second-order valence-corrected chi connectivity index (χ2v) is 6.34. The minimum Gasteiger partial charge on any atom is -0.508 e. The summed E-state index contributed by atoms with van der Waals surface area (Å²) in [6.07, 6.45) is 0. The lowest BCUT2D eigenvalue weighted by atomic mass is 10.3. The first-order chi connectivity index (χ1) is 10.7. The average molecular weight is 309 g/mol. The molecule has 0 aliphatic carbocycles. The number of phenols is 1. The van der Waals surface area contributed by atoms with Gasteiger partial charge in [0.2, 0.25) is 0 Å². The van der Waals surface area contributed by atoms with Crippen molar-refractivity contribution in [3.63, 3.8) is 0 Å². The Hall–Kier alpha value is -2.64. The van der Waals surface area contributed by atoms with E-state index in [9.17, 15) is 9.67 Å². The molecule has 0 spiro atoms. The first-order valence-corrected chi connectivity index (χ1v) is 8.07. The molecule has 22 heavy (non-hydrogen) atoms. The molecule has 1 N–H and O–H groups in total. The van der Waals surface area contributed by atoms with Crippen molar-refractivity contribution in [1.29, 1.82) is 0 Å². The lowest BCUT2D eigenvalue weighted by Gasteiger charge is -2.04. The summed E-state index contributed by atoms with van der Waals surface area (Å²) in [7, 11) is -1.67. The van der Waals surface area contributed by atoms with Crippen LogP contribution in [0.1, 0.15) is 0 Å². The molecule has 0 aliphatic rings. The molecule has 1 unspecified atom stereocenters. The van der Waals surface area contributed by atoms with Gasteiger partial charge < -0.3 is 9.84 Å². The Bertz CT molecular complexity index is 766. The van der Waals surface area contributed by atoms with Crippen molar-refractivity contribution in [2.75, 3.05) is 0 Å². The molecule has 0 saturated carbocycles. The van der Waals surface area contributed by atoms with E-state index in [2.05, 4.69) is 0 Å². The predicted molar refractivity (Wildman–Crippen MR) is 87.9 cm³/mol. The highest BCUT2D eigenvalue weighted by atomic mass is 31.1. The summed E-state index contributed by atoms with van der Waals surface area (Å²) in [5, 5.41) is 10.7. The second kappa shape index (κ2) is 6.42. The molecule has 1 atom stereocenters. The molecule has 0 amide bonds. The van der Waals surface area contributed by atoms with Crippen LogP contribution in [0.5, 0.6) is 17.2 Å². The van der Waals surface area contributed by atoms with Crippen molar-refractivity contribution in [3.8, 4) is 17.2 Å². The van der Waals surface area contributed by atoms with Gasteiger partial charge in [0.15, 0.2) is 10.6 Å².